The molecule has 19 heavy (non-hydrogen) atoms. The highest BCUT2D eigenvalue weighted by Crippen LogP contribution is 2.25. The molecule has 3 N–H and O–H groups in total. The average Bonchev–Trinajstić information content (AvgIpc) is 2.84. The van der Waals surface area contributed by atoms with Crippen LogP contribution in [-0.4, -0.2) is 64.0 Å². The Morgan fingerprint density at radius 1 is 1.37 bits per heavy atom. The maximum atomic E-state index is 11.8. The number of nitrogens with zero attached hydrogens (tertiary/aromatic N) is 1. The molecule has 8 nitrogen and oxygen atoms in total. The number of carboxylic acid groups (broad SMARTS) is 1. The molecule has 104 valence electrons. The van der Waals surface area contributed by atoms with Crippen molar-refractivity contribution < 1.29 is 24.3 Å². The van der Waals surface area contributed by atoms with Crippen LogP contribution >= 0.6 is 11.8 Å². The molecule has 0 aromatic heterocycles. The quantitative estimate of drug-likeness (QED) is 0.549. The number of carboxylic acids is 1. The van der Waals surface area contributed by atoms with Crippen molar-refractivity contribution in [2.45, 2.75) is 12.0 Å². The van der Waals surface area contributed by atoms with Gasteiger partial charge in [0.05, 0.1) is 18.1 Å². The molecule has 1 unspecified atom stereocenters. The number of nitrogens with one attached hydrogen (secondary N) is 2. The topological polar surface area (TPSA) is 116 Å². The summed E-state index contributed by atoms with van der Waals surface area (Å²) in [5.74, 6) is -1.69. The van der Waals surface area contributed by atoms with Crippen LogP contribution in [0.1, 0.15) is 6.42 Å². The number of thioether (sulfide) groups is 1. The van der Waals surface area contributed by atoms with Crippen molar-refractivity contribution in [3.05, 3.63) is 0 Å². The molecule has 2 fully saturated rings. The van der Waals surface area contributed by atoms with Gasteiger partial charge in [0.15, 0.2) is 0 Å². The molecule has 0 saturated carbocycles. The number of rotatable bonds is 4. The third kappa shape index (κ3) is 2.80. The summed E-state index contributed by atoms with van der Waals surface area (Å²) in [6.07, 6.45) is 0.375. The number of hydrogen-bond acceptors (Lipinski definition) is 5. The van der Waals surface area contributed by atoms with Gasteiger partial charge in [-0.25, -0.2) is 4.79 Å². The molecule has 0 aromatic carbocycles. The highest BCUT2D eigenvalue weighted by Gasteiger charge is 2.51. The van der Waals surface area contributed by atoms with E-state index in [1.165, 1.54) is 4.90 Å². The predicted molar refractivity (Wildman–Crippen MR) is 65.6 cm³/mol. The maximum Gasteiger partial charge on any atom is 0.322 e. The Balaban J connectivity index is 1.88. The van der Waals surface area contributed by atoms with Crippen molar-refractivity contribution in [2.24, 2.45) is 0 Å². The van der Waals surface area contributed by atoms with E-state index in [4.69, 9.17) is 5.11 Å². The highest BCUT2D eigenvalue weighted by atomic mass is 32.2. The first kappa shape index (κ1) is 13.7. The first-order chi connectivity index (χ1) is 8.93. The number of amides is 4. The van der Waals surface area contributed by atoms with E-state index >= 15 is 0 Å². The lowest BCUT2D eigenvalue weighted by Crippen LogP contribution is -2.49. The molecule has 0 aromatic rings. The van der Waals surface area contributed by atoms with Crippen molar-refractivity contribution in [1.29, 1.82) is 0 Å². The first-order valence-corrected chi connectivity index (χ1v) is 6.79. The lowest BCUT2D eigenvalue weighted by molar-refractivity contribution is -0.134. The summed E-state index contributed by atoms with van der Waals surface area (Å²) in [6, 6.07) is -0.542. The fraction of sp³-hybridized carbons (Fsp3) is 0.600. The third-order valence-corrected chi connectivity index (χ3v) is 3.99. The summed E-state index contributed by atoms with van der Waals surface area (Å²) in [7, 11) is 0. The van der Waals surface area contributed by atoms with Crippen LogP contribution in [0.3, 0.4) is 0 Å². The van der Waals surface area contributed by atoms with Gasteiger partial charge in [-0.3, -0.25) is 19.7 Å². The van der Waals surface area contributed by atoms with E-state index in [0.717, 1.165) is 11.8 Å². The van der Waals surface area contributed by atoms with Crippen molar-refractivity contribution >= 4 is 35.6 Å². The van der Waals surface area contributed by atoms with E-state index in [-0.39, 0.29) is 24.0 Å². The Morgan fingerprint density at radius 3 is 2.68 bits per heavy atom. The molecule has 1 spiro atoms. The Bertz CT molecular complexity index is 454. The minimum Gasteiger partial charge on any atom is -0.481 e. The Labute approximate surface area is 112 Å². The second-order valence-electron chi connectivity index (χ2n) is 4.44. The van der Waals surface area contributed by atoms with Gasteiger partial charge in [-0.1, -0.05) is 0 Å². The molecule has 4 amide bonds. The highest BCUT2D eigenvalue weighted by molar-refractivity contribution is 8.00. The number of carbonyl (C=O) groups excluding carboxylic acids is 3. The van der Waals surface area contributed by atoms with Crippen LogP contribution in [0, 0.1) is 0 Å². The van der Waals surface area contributed by atoms with Crippen LogP contribution in [0.25, 0.3) is 0 Å². The fourth-order valence-corrected chi connectivity index (χ4v) is 2.79. The van der Waals surface area contributed by atoms with Crippen LogP contribution in [0.2, 0.25) is 0 Å². The van der Waals surface area contributed by atoms with E-state index in [0.29, 0.717) is 13.0 Å². The molecule has 2 aliphatic rings. The molecular weight excluding hydrogens is 274 g/mol. The van der Waals surface area contributed by atoms with Gasteiger partial charge in [0, 0.05) is 6.54 Å². The van der Waals surface area contributed by atoms with Crippen molar-refractivity contribution in [3.8, 4) is 0 Å². The molecular formula is C10H13N3O5S. The van der Waals surface area contributed by atoms with E-state index in [1.807, 2.05) is 0 Å². The number of aliphatic carboxylic acids is 1. The predicted octanol–water partition coefficient (Wildman–Crippen LogP) is -1.39. The Kier molecular flexibility index (Phi) is 3.65. The molecule has 0 aliphatic carbocycles. The van der Waals surface area contributed by atoms with Gasteiger partial charge in [-0.15, -0.1) is 11.8 Å². The average molecular weight is 287 g/mol. The minimum absolute atomic E-state index is 0.0535. The zero-order valence-corrected chi connectivity index (χ0v) is 10.8. The summed E-state index contributed by atoms with van der Waals surface area (Å²) in [6.45, 7) is 0.511. The fourth-order valence-electron chi connectivity index (χ4n) is 2.16. The molecule has 0 bridgehead atoms. The number of likely N-dealkylation sites (tertiary alicyclic amines) is 1. The second kappa shape index (κ2) is 5.08. The first-order valence-electron chi connectivity index (χ1n) is 5.64. The standard InChI is InChI=1S/C10H13N3O5S/c14-6(3-19-4-7(15)16)13-2-1-10(5-13)8(17)11-9(18)12-10/h1-5H2,(H,15,16)(H2,11,12,17,18). The summed E-state index contributed by atoms with van der Waals surface area (Å²) in [5, 5.41) is 13.2. The Hall–Kier alpha value is -1.77. The van der Waals surface area contributed by atoms with Gasteiger partial charge >= 0.3 is 12.0 Å². The van der Waals surface area contributed by atoms with Crippen LogP contribution < -0.4 is 10.6 Å². The van der Waals surface area contributed by atoms with Gasteiger partial charge in [-0.2, -0.15) is 0 Å². The third-order valence-electron chi connectivity index (χ3n) is 3.09. The van der Waals surface area contributed by atoms with Crippen LogP contribution in [0.15, 0.2) is 0 Å². The monoisotopic (exact) mass is 287 g/mol. The number of carbonyl (C=O) groups is 4. The molecule has 2 heterocycles. The number of imide groups is 1. The summed E-state index contributed by atoms with van der Waals surface area (Å²) < 4.78 is 0. The SMILES string of the molecule is O=C(O)CSCC(=O)N1CCC2(C1)NC(=O)NC2=O. The van der Waals surface area contributed by atoms with Crippen LogP contribution in [0.4, 0.5) is 4.79 Å². The van der Waals surface area contributed by atoms with Gasteiger partial charge < -0.3 is 15.3 Å². The van der Waals surface area contributed by atoms with E-state index < -0.39 is 23.4 Å². The number of urea groups is 1. The van der Waals surface area contributed by atoms with Gasteiger partial charge in [0.1, 0.15) is 5.54 Å². The van der Waals surface area contributed by atoms with Crippen molar-refractivity contribution in [3.63, 3.8) is 0 Å². The smallest absolute Gasteiger partial charge is 0.322 e. The molecule has 2 rings (SSSR count). The summed E-state index contributed by atoms with van der Waals surface area (Å²) >= 11 is 1.01. The van der Waals surface area contributed by atoms with E-state index in [2.05, 4.69) is 10.6 Å². The second-order valence-corrected chi connectivity index (χ2v) is 5.43. The maximum absolute atomic E-state index is 11.8. The Morgan fingerprint density at radius 2 is 2.11 bits per heavy atom. The summed E-state index contributed by atoms with van der Waals surface area (Å²) in [4.78, 5) is 46.4. The van der Waals surface area contributed by atoms with E-state index in [9.17, 15) is 19.2 Å². The molecule has 9 heteroatoms. The zero-order chi connectivity index (χ0) is 14.0. The summed E-state index contributed by atoms with van der Waals surface area (Å²) in [5.41, 5.74) is -1.01. The molecule has 2 aliphatic heterocycles. The molecule has 0 radical (unpaired) electrons. The number of hydrogen-bond donors (Lipinski definition) is 3. The molecule has 2 saturated heterocycles. The van der Waals surface area contributed by atoms with E-state index in [1.54, 1.807) is 0 Å². The van der Waals surface area contributed by atoms with Gasteiger partial charge in [0.25, 0.3) is 5.91 Å². The van der Waals surface area contributed by atoms with Crippen molar-refractivity contribution in [1.82, 2.24) is 15.5 Å². The lowest BCUT2D eigenvalue weighted by Gasteiger charge is -2.20. The lowest BCUT2D eigenvalue weighted by atomic mass is 10.00. The largest absolute Gasteiger partial charge is 0.481 e. The van der Waals surface area contributed by atoms with Crippen molar-refractivity contribution in [2.75, 3.05) is 24.6 Å². The van der Waals surface area contributed by atoms with Crippen LogP contribution in [-0.2, 0) is 14.4 Å². The van der Waals surface area contributed by atoms with Crippen LogP contribution in [0.5, 0.6) is 0 Å². The van der Waals surface area contributed by atoms with Gasteiger partial charge in [-0.05, 0) is 6.42 Å². The zero-order valence-electron chi connectivity index (χ0n) is 9.97. The normalized spacial score (nSPS) is 25.6. The molecule has 1 atom stereocenters. The van der Waals surface area contributed by atoms with Gasteiger partial charge in [0.2, 0.25) is 5.91 Å². The minimum atomic E-state index is -1.01.